The Morgan fingerprint density at radius 2 is 0.872 bits per heavy atom. The highest BCUT2D eigenvalue weighted by Crippen LogP contribution is 2.38. The summed E-state index contributed by atoms with van der Waals surface area (Å²) in [7, 11) is 3.18. The first-order valence-electron chi connectivity index (χ1n) is 12.9. The summed E-state index contributed by atoms with van der Waals surface area (Å²) in [4.78, 5) is 6.23. The lowest BCUT2D eigenvalue weighted by Crippen LogP contribution is -2.32. The number of methoxy groups -OCH3 is 2. The van der Waals surface area contributed by atoms with Crippen LogP contribution in [0.25, 0.3) is 0 Å². The lowest BCUT2D eigenvalue weighted by molar-refractivity contribution is -0.183. The average Bonchev–Trinajstić information content (AvgIpc) is 2.98. The second kappa shape index (κ2) is 12.3. The minimum atomic E-state index is -0.999. The molecule has 0 radical (unpaired) electrons. The maximum atomic E-state index is 6.09. The molecule has 0 aliphatic rings. The van der Waals surface area contributed by atoms with Gasteiger partial charge in [-0.25, -0.2) is 0 Å². The quantitative estimate of drug-likeness (QED) is 0.135. The maximum Gasteiger partial charge on any atom is 0.221 e. The molecule has 5 aromatic rings. The molecule has 2 nitrogen and oxygen atoms in total. The number of hydrogen-bond acceptors (Lipinski definition) is 3. The summed E-state index contributed by atoms with van der Waals surface area (Å²) in [5, 5.41) is 0. The van der Waals surface area contributed by atoms with Crippen LogP contribution in [0.3, 0.4) is 0 Å². The van der Waals surface area contributed by atoms with E-state index >= 15 is 0 Å². The first-order valence-corrected chi connectivity index (χ1v) is 15.0. The zero-order valence-corrected chi connectivity index (χ0v) is 24.4. The summed E-state index contributed by atoms with van der Waals surface area (Å²) in [5.74, 6) is -0.999. The van der Waals surface area contributed by atoms with Crippen molar-refractivity contribution >= 4 is 22.7 Å². The molecule has 5 aromatic carbocycles. The van der Waals surface area contributed by atoms with Crippen molar-refractivity contribution in [2.24, 2.45) is 0 Å². The van der Waals surface area contributed by atoms with Crippen molar-refractivity contribution in [2.75, 3.05) is 14.2 Å². The second-order valence-electron chi connectivity index (χ2n) is 9.42. The van der Waals surface area contributed by atoms with Gasteiger partial charge in [-0.15, -0.1) is 0 Å². The van der Waals surface area contributed by atoms with Crippen LogP contribution >= 0.6 is 11.8 Å². The molecule has 0 aromatic heterocycles. The van der Waals surface area contributed by atoms with E-state index in [1.807, 2.05) is 6.07 Å². The van der Waals surface area contributed by atoms with Gasteiger partial charge in [0.25, 0.3) is 0 Å². The molecule has 0 unspecified atom stereocenters. The van der Waals surface area contributed by atoms with Gasteiger partial charge in [-0.2, -0.15) is 0 Å². The normalized spacial score (nSPS) is 11.6. The highest BCUT2D eigenvalue weighted by atomic mass is 32.2. The Bertz CT molecular complexity index is 1430. The molecule has 5 rings (SSSR count). The van der Waals surface area contributed by atoms with Crippen LogP contribution in [0.2, 0.25) is 0 Å². The molecule has 39 heavy (non-hydrogen) atoms. The minimum Gasteiger partial charge on any atom is -0.346 e. The summed E-state index contributed by atoms with van der Waals surface area (Å²) in [6.07, 6.45) is 0. The first-order chi connectivity index (χ1) is 19.0. The van der Waals surface area contributed by atoms with E-state index < -0.39 is 5.79 Å². The van der Waals surface area contributed by atoms with Crippen molar-refractivity contribution < 1.29 is 9.47 Å². The average molecular weight is 550 g/mol. The van der Waals surface area contributed by atoms with Crippen LogP contribution in [-0.2, 0) is 26.2 Å². The van der Waals surface area contributed by atoms with Crippen LogP contribution in [-0.4, -0.2) is 14.2 Å². The Hall–Kier alpha value is -3.28. The van der Waals surface area contributed by atoms with Gasteiger partial charge in [0, 0.05) is 35.1 Å². The Morgan fingerprint density at radius 3 is 1.31 bits per heavy atom. The van der Waals surface area contributed by atoms with Crippen LogP contribution in [0.15, 0.2) is 152 Å². The van der Waals surface area contributed by atoms with Crippen molar-refractivity contribution in [3.8, 4) is 0 Å². The van der Waals surface area contributed by atoms with E-state index in [-0.39, 0.29) is 10.9 Å². The van der Waals surface area contributed by atoms with Crippen molar-refractivity contribution in [2.45, 2.75) is 44.1 Å². The predicted molar refractivity (Wildman–Crippen MR) is 163 cm³/mol. The van der Waals surface area contributed by atoms with Gasteiger partial charge in [0.1, 0.15) is 0 Å². The van der Waals surface area contributed by atoms with Crippen molar-refractivity contribution in [1.82, 2.24) is 0 Å². The molecule has 0 amide bonds. The monoisotopic (exact) mass is 549 g/mol. The van der Waals surface area contributed by atoms with Crippen molar-refractivity contribution in [3.63, 3.8) is 0 Å². The lowest BCUT2D eigenvalue weighted by Gasteiger charge is -2.32. The third-order valence-electron chi connectivity index (χ3n) is 6.77. The van der Waals surface area contributed by atoms with E-state index in [0.29, 0.717) is 0 Å². The molecule has 0 heterocycles. The van der Waals surface area contributed by atoms with Gasteiger partial charge >= 0.3 is 0 Å². The highest BCUT2D eigenvalue weighted by Gasteiger charge is 2.36. The van der Waals surface area contributed by atoms with Gasteiger partial charge in [0.05, 0.1) is 10.9 Å². The molecular weight excluding hydrogens is 517 g/mol. The minimum absolute atomic E-state index is 0.222. The molecule has 0 saturated heterocycles. The number of rotatable bonds is 9. The molecule has 0 aliphatic heterocycles. The van der Waals surface area contributed by atoms with Gasteiger partial charge in [0.2, 0.25) is 5.79 Å². The largest absolute Gasteiger partial charge is 0.346 e. The predicted octanol–water partition coefficient (Wildman–Crippen LogP) is 9.04. The second-order valence-corrected chi connectivity index (χ2v) is 12.6. The van der Waals surface area contributed by atoms with E-state index in [4.69, 9.17) is 9.47 Å². The number of benzene rings is 5. The Morgan fingerprint density at radius 1 is 0.487 bits per heavy atom. The molecule has 4 heteroatoms. The highest BCUT2D eigenvalue weighted by molar-refractivity contribution is 7.99. The fraction of sp³-hybridized carbons (Fsp3) is 0.143. The summed E-state index contributed by atoms with van der Waals surface area (Å²) in [5.41, 5.74) is 4.43. The Labute approximate surface area is 239 Å². The third-order valence-corrected chi connectivity index (χ3v) is 10.0. The van der Waals surface area contributed by atoms with E-state index in [0.717, 1.165) is 11.1 Å². The maximum absolute atomic E-state index is 6.09. The van der Waals surface area contributed by atoms with Crippen LogP contribution in [0.4, 0.5) is 0 Å². The Balaban J connectivity index is 1.47. The molecule has 0 N–H and O–H groups in total. The van der Waals surface area contributed by atoms with Gasteiger partial charge in [-0.1, -0.05) is 77.5 Å². The number of hydrogen-bond donors (Lipinski definition) is 0. The standard InChI is InChI=1S/C35H33O2S2/c1-26-10-20-32(21-11-26)39(33-22-12-27(2)13-23-33)34-24-16-29(17-25-34)35(36-3,37-4)28-14-18-31(19-15-28)38-30-8-6-5-7-9-30/h5-25H,1-4H3/q+1. The third kappa shape index (κ3) is 6.00. The first kappa shape index (κ1) is 27.3. The molecule has 0 atom stereocenters. The summed E-state index contributed by atoms with van der Waals surface area (Å²) < 4.78 is 12.2. The summed E-state index contributed by atoms with van der Waals surface area (Å²) in [6.45, 7) is 4.26. The SMILES string of the molecule is COC(OC)(c1ccc(Sc2ccccc2)cc1)c1ccc([S+](c2ccc(C)cc2)c2ccc(C)cc2)cc1. The van der Waals surface area contributed by atoms with E-state index in [2.05, 4.69) is 135 Å². The van der Waals surface area contributed by atoms with Crippen LogP contribution in [0, 0.1) is 13.8 Å². The molecule has 0 fully saturated rings. The van der Waals surface area contributed by atoms with Crippen molar-refractivity contribution in [1.29, 1.82) is 0 Å². The van der Waals surface area contributed by atoms with Crippen LogP contribution in [0.1, 0.15) is 22.3 Å². The molecule has 0 saturated carbocycles. The van der Waals surface area contributed by atoms with Gasteiger partial charge in [-0.05, 0) is 86.6 Å². The number of ether oxygens (including phenoxy) is 2. The zero-order chi connectivity index (χ0) is 27.2. The summed E-state index contributed by atoms with van der Waals surface area (Å²) >= 11 is 1.74. The molecular formula is C35H33O2S2+. The van der Waals surface area contributed by atoms with E-state index in [9.17, 15) is 0 Å². The molecule has 0 spiro atoms. The van der Waals surface area contributed by atoms with Gasteiger partial charge in [-0.3, -0.25) is 0 Å². The summed E-state index contributed by atoms with van der Waals surface area (Å²) in [6, 6.07) is 45.3. The van der Waals surface area contributed by atoms with E-state index in [1.165, 1.54) is 35.6 Å². The molecule has 0 bridgehead atoms. The smallest absolute Gasteiger partial charge is 0.221 e. The van der Waals surface area contributed by atoms with Crippen LogP contribution in [0.5, 0.6) is 0 Å². The van der Waals surface area contributed by atoms with Crippen molar-refractivity contribution in [3.05, 3.63) is 150 Å². The topological polar surface area (TPSA) is 18.5 Å². The van der Waals surface area contributed by atoms with Gasteiger partial charge < -0.3 is 9.47 Å². The van der Waals surface area contributed by atoms with Gasteiger partial charge in [0.15, 0.2) is 14.7 Å². The molecule has 196 valence electrons. The van der Waals surface area contributed by atoms with Crippen LogP contribution < -0.4 is 0 Å². The fourth-order valence-corrected chi connectivity index (χ4v) is 7.53. The number of aryl methyl sites for hydroxylation is 2. The fourth-order valence-electron chi connectivity index (χ4n) is 4.66. The lowest BCUT2D eigenvalue weighted by atomic mass is 9.97. The van der Waals surface area contributed by atoms with E-state index in [1.54, 1.807) is 26.0 Å². The Kier molecular flexibility index (Phi) is 8.59. The zero-order valence-electron chi connectivity index (χ0n) is 22.8. The molecule has 0 aliphatic carbocycles.